The second kappa shape index (κ2) is 19.9. The van der Waals surface area contributed by atoms with Gasteiger partial charge in [-0.25, -0.2) is 13.2 Å². The van der Waals surface area contributed by atoms with E-state index >= 15 is 0 Å². The number of piperidine rings is 1. The number of carbonyl (C=O) groups excluding carboxylic acids is 3. The minimum absolute atomic E-state index is 0.0390. The van der Waals surface area contributed by atoms with Crippen LogP contribution in [0.5, 0.6) is 5.75 Å². The lowest BCUT2D eigenvalue weighted by Crippen LogP contribution is -2.40. The normalized spacial score (nSPS) is 14.0. The van der Waals surface area contributed by atoms with Gasteiger partial charge in [0.2, 0.25) is 10.0 Å². The van der Waals surface area contributed by atoms with Crippen molar-refractivity contribution in [2.45, 2.75) is 95.4 Å². The molecule has 0 unspecified atom stereocenters. The van der Waals surface area contributed by atoms with Crippen LogP contribution in [-0.4, -0.2) is 63.9 Å². The molecule has 0 atom stereocenters. The van der Waals surface area contributed by atoms with Crippen LogP contribution in [0, 0.1) is 5.92 Å². The second-order valence-electron chi connectivity index (χ2n) is 11.9. The topological polar surface area (TPSA) is 131 Å². The highest BCUT2D eigenvalue weighted by molar-refractivity contribution is 7.89. The third kappa shape index (κ3) is 12.4. The predicted octanol–water partition coefficient (Wildman–Crippen LogP) is 5.61. The zero-order valence-corrected chi connectivity index (χ0v) is 28.2. The van der Waals surface area contributed by atoms with Crippen molar-refractivity contribution in [1.29, 1.82) is 0 Å². The Labute approximate surface area is 274 Å². The van der Waals surface area contributed by atoms with Crippen molar-refractivity contribution in [2.24, 2.45) is 5.92 Å². The molecule has 2 aromatic carbocycles. The van der Waals surface area contributed by atoms with Crippen LogP contribution >= 0.6 is 0 Å². The maximum absolute atomic E-state index is 12.9. The first-order valence-electron chi connectivity index (χ1n) is 16.7. The van der Waals surface area contributed by atoms with Crippen LogP contribution < -0.4 is 15.4 Å². The Balaban J connectivity index is 1.27. The van der Waals surface area contributed by atoms with Gasteiger partial charge in [-0.1, -0.05) is 76.8 Å². The first-order chi connectivity index (χ1) is 22.2. The maximum Gasteiger partial charge on any atom is 0.396 e. The molecule has 0 radical (unpaired) electrons. The molecular formula is C35H51N3O7S. The summed E-state index contributed by atoms with van der Waals surface area (Å²) >= 11 is 0. The molecule has 46 heavy (non-hydrogen) atoms. The molecule has 1 saturated heterocycles. The van der Waals surface area contributed by atoms with Crippen molar-refractivity contribution in [3.63, 3.8) is 0 Å². The Kier molecular flexibility index (Phi) is 16.0. The number of nitrogens with zero attached hydrogens (tertiary/aromatic N) is 1. The smallest absolute Gasteiger partial charge is 0.396 e. The van der Waals surface area contributed by atoms with Gasteiger partial charge in [0.05, 0.1) is 18.6 Å². The summed E-state index contributed by atoms with van der Waals surface area (Å²) in [6.45, 7) is 3.66. The minimum atomic E-state index is -3.63. The highest BCUT2D eigenvalue weighted by Gasteiger charge is 2.30. The molecule has 1 fully saturated rings. The Morgan fingerprint density at radius 2 is 1.39 bits per heavy atom. The van der Waals surface area contributed by atoms with E-state index in [-0.39, 0.29) is 29.9 Å². The number of nitrogens with one attached hydrogen (secondary N) is 2. The number of sulfonamides is 1. The molecule has 3 rings (SSSR count). The lowest BCUT2D eigenvalue weighted by molar-refractivity contribution is -0.156. The van der Waals surface area contributed by atoms with Crippen LogP contribution in [0.1, 0.15) is 99.9 Å². The monoisotopic (exact) mass is 657 g/mol. The highest BCUT2D eigenvalue weighted by atomic mass is 32.2. The Morgan fingerprint density at radius 3 is 1.98 bits per heavy atom. The van der Waals surface area contributed by atoms with Crippen LogP contribution in [0.15, 0.2) is 53.4 Å². The molecule has 0 aliphatic carbocycles. The van der Waals surface area contributed by atoms with Gasteiger partial charge in [-0.2, -0.15) is 4.31 Å². The fourth-order valence-electron chi connectivity index (χ4n) is 5.42. The predicted molar refractivity (Wildman–Crippen MR) is 178 cm³/mol. The average molecular weight is 658 g/mol. The number of ether oxygens (including phenoxy) is 2. The van der Waals surface area contributed by atoms with Gasteiger partial charge in [0.25, 0.3) is 5.91 Å². The van der Waals surface area contributed by atoms with E-state index in [0.717, 1.165) is 18.4 Å². The number of rotatable bonds is 19. The molecule has 2 aromatic rings. The standard InChI is InChI=1S/C35H51N3O7S/c1-3-4-5-6-7-8-9-10-11-12-23-36-33(39)30-15-13-28(14-16-30)26-37-34(40)35(41)45-27-29-21-24-38(25-22-29)46(42,43)32-19-17-31(44-2)18-20-32/h13-20,29H,3-12,21-27H2,1-2H3,(H,36,39)(H,37,40). The third-order valence-corrected chi connectivity index (χ3v) is 10.3. The number of carbonyl (C=O) groups is 3. The summed E-state index contributed by atoms with van der Waals surface area (Å²) in [5.74, 6) is -1.41. The van der Waals surface area contributed by atoms with Crippen LogP contribution in [0.2, 0.25) is 0 Å². The lowest BCUT2D eigenvalue weighted by atomic mass is 9.99. The first kappa shape index (κ1) is 37.0. The quantitative estimate of drug-likeness (QED) is 0.114. The number of esters is 1. The van der Waals surface area contributed by atoms with E-state index in [1.165, 1.54) is 74.9 Å². The van der Waals surface area contributed by atoms with Crippen molar-refractivity contribution in [1.82, 2.24) is 14.9 Å². The minimum Gasteiger partial charge on any atom is -0.497 e. The zero-order chi connectivity index (χ0) is 33.2. The van der Waals surface area contributed by atoms with Gasteiger partial charge in [-0.15, -0.1) is 0 Å². The molecule has 1 aliphatic rings. The van der Waals surface area contributed by atoms with E-state index in [4.69, 9.17) is 9.47 Å². The molecule has 0 saturated carbocycles. The zero-order valence-electron chi connectivity index (χ0n) is 27.4. The molecule has 11 heteroatoms. The van der Waals surface area contributed by atoms with Gasteiger partial charge >= 0.3 is 11.9 Å². The van der Waals surface area contributed by atoms with E-state index in [1.54, 1.807) is 36.4 Å². The summed E-state index contributed by atoms with van der Waals surface area (Å²) < 4.78 is 37.6. The van der Waals surface area contributed by atoms with Gasteiger partial charge < -0.3 is 20.1 Å². The van der Waals surface area contributed by atoms with Crippen molar-refractivity contribution in [2.75, 3.05) is 33.4 Å². The van der Waals surface area contributed by atoms with Crippen molar-refractivity contribution < 1.29 is 32.3 Å². The number of amides is 2. The molecule has 10 nitrogen and oxygen atoms in total. The summed E-state index contributed by atoms with van der Waals surface area (Å²) in [4.78, 5) is 37.2. The number of hydrogen-bond donors (Lipinski definition) is 2. The van der Waals surface area contributed by atoms with Gasteiger partial charge in [-0.3, -0.25) is 9.59 Å². The number of benzene rings is 2. The molecule has 254 valence electrons. The average Bonchev–Trinajstić information content (AvgIpc) is 3.08. The Hall–Kier alpha value is -3.44. The molecule has 1 aliphatic heterocycles. The van der Waals surface area contributed by atoms with E-state index in [2.05, 4.69) is 17.6 Å². The van der Waals surface area contributed by atoms with Crippen molar-refractivity contribution >= 4 is 27.8 Å². The van der Waals surface area contributed by atoms with Crippen LogP contribution in [0.4, 0.5) is 0 Å². The molecular weight excluding hydrogens is 606 g/mol. The summed E-state index contributed by atoms with van der Waals surface area (Å²) in [6.07, 6.45) is 13.5. The van der Waals surface area contributed by atoms with E-state index in [0.29, 0.717) is 43.8 Å². The number of unbranched alkanes of at least 4 members (excludes halogenated alkanes) is 9. The van der Waals surface area contributed by atoms with Gasteiger partial charge in [-0.05, 0) is 67.1 Å². The van der Waals surface area contributed by atoms with Crippen LogP contribution in [0.25, 0.3) is 0 Å². The van der Waals surface area contributed by atoms with E-state index in [9.17, 15) is 22.8 Å². The van der Waals surface area contributed by atoms with Crippen molar-refractivity contribution in [3.8, 4) is 5.75 Å². The summed E-state index contributed by atoms with van der Waals surface area (Å²) in [5.41, 5.74) is 1.29. The molecule has 0 bridgehead atoms. The number of hydrogen-bond acceptors (Lipinski definition) is 7. The SMILES string of the molecule is CCCCCCCCCCCCNC(=O)c1ccc(CNC(=O)C(=O)OCC2CCN(S(=O)(=O)c3ccc(OC)cc3)CC2)cc1. The molecule has 0 aromatic heterocycles. The molecule has 1 heterocycles. The van der Waals surface area contributed by atoms with Crippen LogP contribution in [0.3, 0.4) is 0 Å². The molecule has 2 N–H and O–H groups in total. The van der Waals surface area contributed by atoms with Gasteiger partial charge in [0, 0.05) is 31.7 Å². The fourth-order valence-corrected chi connectivity index (χ4v) is 6.89. The van der Waals surface area contributed by atoms with Gasteiger partial charge in [0.15, 0.2) is 0 Å². The summed E-state index contributed by atoms with van der Waals surface area (Å²) in [5, 5.41) is 5.52. The second-order valence-corrected chi connectivity index (χ2v) is 13.9. The van der Waals surface area contributed by atoms with Crippen LogP contribution in [-0.2, 0) is 30.9 Å². The third-order valence-electron chi connectivity index (χ3n) is 8.39. The number of methoxy groups -OCH3 is 1. The van der Waals surface area contributed by atoms with E-state index in [1.807, 2.05) is 0 Å². The summed E-state index contributed by atoms with van der Waals surface area (Å²) in [7, 11) is -2.11. The fraction of sp³-hybridized carbons (Fsp3) is 0.571. The molecule has 0 spiro atoms. The Morgan fingerprint density at radius 1 is 0.804 bits per heavy atom. The maximum atomic E-state index is 12.9. The van der Waals surface area contributed by atoms with Gasteiger partial charge in [0.1, 0.15) is 5.75 Å². The first-order valence-corrected chi connectivity index (χ1v) is 18.1. The Bertz CT molecular complexity index is 1320. The highest BCUT2D eigenvalue weighted by Crippen LogP contribution is 2.25. The molecule has 2 amide bonds. The largest absolute Gasteiger partial charge is 0.497 e. The van der Waals surface area contributed by atoms with Crippen molar-refractivity contribution in [3.05, 3.63) is 59.7 Å². The summed E-state index contributed by atoms with van der Waals surface area (Å²) in [6, 6.07) is 13.2. The van der Waals surface area contributed by atoms with E-state index < -0.39 is 21.9 Å². The lowest BCUT2D eigenvalue weighted by Gasteiger charge is -2.30.